The van der Waals surface area contributed by atoms with Crippen LogP contribution in [-0.4, -0.2) is 9.97 Å². The summed E-state index contributed by atoms with van der Waals surface area (Å²) in [6, 6.07) is 92.5. The van der Waals surface area contributed by atoms with Gasteiger partial charge in [0.05, 0.1) is 0 Å². The average molecular weight is 1670 g/mol. The van der Waals surface area contributed by atoms with E-state index < -0.39 is 0 Å². The molecule has 11 rings (SSSR count). The third kappa shape index (κ3) is 20.9. The fraction of sp³-hybridized carbons (Fsp3) is 0.333. The number of hydrogen-bond donors (Lipinski definition) is 0. The average Bonchev–Trinajstić information content (AvgIpc) is 0.775. The van der Waals surface area contributed by atoms with Crippen molar-refractivity contribution in [2.45, 2.75) is 186 Å². The van der Waals surface area contributed by atoms with Gasteiger partial charge in [-0.3, -0.25) is 0 Å². The number of nitrogens with zero attached hydrogens (tertiary/aromatic N) is 2. The van der Waals surface area contributed by atoms with Gasteiger partial charge in [-0.1, -0.05) is 260 Å². The maximum atomic E-state index is 4.77. The summed E-state index contributed by atoms with van der Waals surface area (Å²) in [4.78, 5) is 8.99. The standard InChI is InChI=1S/C85H100N.C11H8N.2Ir/c1-78(2,3)54-82(13,14)73-35-27-58(28-36-73)64-45-65(59-29-37-74(38-30-59)83(15,16)55-79(4,5)6)48-69(47-64)71-51-68(62-24-23-25-63(44-62)77-26-21-22-43-86-77)52-72(53-71)70-49-66(60-31-39-75(40-32-60)84(17,18)56-80(7,8)9)46-67(50-70)61-33-41-76(42-34-61)85(19,20)57-81(10,11)12;1-2-6-10(7-3-1)11-8-4-5-9-12-11;;/h21-24,26-53H,54-57H2,1-20H3;1-6,8-9H;;/q2*-1;;. The van der Waals surface area contributed by atoms with E-state index in [9.17, 15) is 0 Å². The zero-order valence-electron chi connectivity index (χ0n) is 63.5. The maximum absolute atomic E-state index is 4.77. The Balaban J connectivity index is 0.000000816. The molecular formula is C96H108Ir2N2-2. The molecule has 4 heteroatoms. The first-order valence-corrected chi connectivity index (χ1v) is 35.7. The van der Waals surface area contributed by atoms with Gasteiger partial charge < -0.3 is 9.97 Å². The van der Waals surface area contributed by atoms with Crippen molar-refractivity contribution < 1.29 is 40.2 Å². The molecular weight excluding hydrogens is 1570 g/mol. The summed E-state index contributed by atoms with van der Waals surface area (Å²) >= 11 is 0. The summed E-state index contributed by atoms with van der Waals surface area (Å²) < 4.78 is 0. The van der Waals surface area contributed by atoms with E-state index in [0.29, 0.717) is 0 Å². The van der Waals surface area contributed by atoms with Crippen LogP contribution in [0.25, 0.3) is 100 Å². The van der Waals surface area contributed by atoms with Crippen molar-refractivity contribution in [3.8, 4) is 100 Å². The third-order valence-electron chi connectivity index (χ3n) is 19.1. The van der Waals surface area contributed by atoms with Gasteiger partial charge in [-0.2, -0.15) is 0 Å². The Kier molecular flexibility index (Phi) is 24.6. The van der Waals surface area contributed by atoms with Gasteiger partial charge in [-0.15, -0.1) is 71.3 Å². The van der Waals surface area contributed by atoms with E-state index in [-0.39, 0.29) is 83.5 Å². The van der Waals surface area contributed by atoms with Gasteiger partial charge in [-0.05, 0) is 242 Å². The largest absolute Gasteiger partial charge is 0.305 e. The number of hydrogen-bond acceptors (Lipinski definition) is 2. The molecule has 100 heavy (non-hydrogen) atoms. The fourth-order valence-corrected chi connectivity index (χ4v) is 15.9. The van der Waals surface area contributed by atoms with E-state index in [2.05, 4.69) is 338 Å². The van der Waals surface area contributed by atoms with E-state index in [1.165, 1.54) is 77.9 Å². The molecule has 0 amide bonds. The summed E-state index contributed by atoms with van der Waals surface area (Å²) in [6.07, 6.45) is 8.03. The first-order chi connectivity index (χ1) is 45.9. The van der Waals surface area contributed by atoms with Crippen LogP contribution in [-0.2, 0) is 61.9 Å². The van der Waals surface area contributed by atoms with E-state index in [1.54, 1.807) is 6.20 Å². The number of benzene rings is 9. The molecule has 11 aromatic rings. The van der Waals surface area contributed by atoms with Gasteiger partial charge in [-0.25, -0.2) is 0 Å². The Labute approximate surface area is 630 Å². The van der Waals surface area contributed by atoms with Gasteiger partial charge in [0, 0.05) is 52.6 Å². The second-order valence-corrected chi connectivity index (χ2v) is 35.4. The van der Waals surface area contributed by atoms with Crippen molar-refractivity contribution in [2.24, 2.45) is 21.7 Å². The predicted octanol–water partition coefficient (Wildman–Crippen LogP) is 27.6. The second kappa shape index (κ2) is 31.4. The van der Waals surface area contributed by atoms with Crippen LogP contribution < -0.4 is 0 Å². The van der Waals surface area contributed by atoms with Crippen molar-refractivity contribution in [1.82, 2.24) is 9.97 Å². The Hall–Kier alpha value is -7.42. The molecule has 0 N–H and O–H groups in total. The summed E-state index contributed by atoms with van der Waals surface area (Å²) in [7, 11) is 0. The van der Waals surface area contributed by atoms with Crippen molar-refractivity contribution in [3.05, 3.63) is 277 Å². The molecule has 0 fully saturated rings. The quantitative estimate of drug-likeness (QED) is 0.0849. The van der Waals surface area contributed by atoms with Gasteiger partial charge in [0.2, 0.25) is 0 Å². The summed E-state index contributed by atoms with van der Waals surface area (Å²) in [5, 5.41) is 0. The minimum atomic E-state index is 0. The van der Waals surface area contributed by atoms with Crippen LogP contribution in [0.4, 0.5) is 0 Å². The number of pyridine rings is 2. The van der Waals surface area contributed by atoms with Gasteiger partial charge in [0.15, 0.2) is 0 Å². The molecule has 0 saturated heterocycles. The van der Waals surface area contributed by atoms with Gasteiger partial charge >= 0.3 is 0 Å². The molecule has 0 spiro atoms. The molecule has 9 aromatic carbocycles. The normalized spacial score (nSPS) is 12.4. The molecule has 2 radical (unpaired) electrons. The van der Waals surface area contributed by atoms with Gasteiger partial charge in [0.25, 0.3) is 0 Å². The molecule has 2 aromatic heterocycles. The fourth-order valence-electron chi connectivity index (χ4n) is 15.9. The monoisotopic (exact) mass is 1670 g/mol. The SMILES string of the molecule is CC(C)(C)CC(C)(C)c1ccc(-c2cc(-c3ccc(C(C)(C)CC(C)(C)C)cc3)cc(-c3cc(-c4cc[c-]c(-c5ccccn5)c4)cc(-c4cc(-c5ccc(C(C)(C)CC(C)(C)C)cc5)cc(-c5ccc(C(C)(C)CC(C)(C)C)cc5)c4)c3)c2)cc1.[Ir].[Ir].[c-]1ccccc1-c1ccccn1. The van der Waals surface area contributed by atoms with Crippen LogP contribution in [0.15, 0.2) is 243 Å². The molecule has 2 heterocycles. The number of aromatic nitrogens is 2. The molecule has 0 atom stereocenters. The molecule has 0 bridgehead atoms. The molecule has 0 aliphatic heterocycles. The zero-order chi connectivity index (χ0) is 70.6. The predicted molar refractivity (Wildman–Crippen MR) is 423 cm³/mol. The number of rotatable bonds is 17. The van der Waals surface area contributed by atoms with E-state index in [0.717, 1.165) is 70.5 Å². The maximum Gasteiger partial charge on any atom is 0.0160 e. The molecule has 0 unspecified atom stereocenters. The van der Waals surface area contributed by atoms with Crippen molar-refractivity contribution >= 4 is 0 Å². The smallest absolute Gasteiger partial charge is 0.0160 e. The van der Waals surface area contributed by atoms with E-state index in [1.807, 2.05) is 54.7 Å². The Morgan fingerprint density at radius 3 is 0.730 bits per heavy atom. The van der Waals surface area contributed by atoms with Crippen LogP contribution in [0.3, 0.4) is 0 Å². The minimum Gasteiger partial charge on any atom is -0.305 e. The Bertz CT molecular complexity index is 4030. The Morgan fingerprint density at radius 1 is 0.230 bits per heavy atom. The molecule has 522 valence electrons. The van der Waals surface area contributed by atoms with Crippen molar-refractivity contribution in [1.29, 1.82) is 0 Å². The Morgan fingerprint density at radius 2 is 0.480 bits per heavy atom. The van der Waals surface area contributed by atoms with Gasteiger partial charge in [0.1, 0.15) is 0 Å². The first kappa shape index (κ1) is 78.3. The summed E-state index contributed by atoms with van der Waals surface area (Å²) in [5.74, 6) is 0. The van der Waals surface area contributed by atoms with E-state index in [4.69, 9.17) is 4.98 Å². The van der Waals surface area contributed by atoms with Crippen molar-refractivity contribution in [3.63, 3.8) is 0 Å². The van der Waals surface area contributed by atoms with Crippen LogP contribution in [0, 0.1) is 33.8 Å². The summed E-state index contributed by atoms with van der Waals surface area (Å²) in [5.41, 5.74) is 26.8. The van der Waals surface area contributed by atoms with Crippen LogP contribution in [0.2, 0.25) is 0 Å². The topological polar surface area (TPSA) is 25.8 Å². The summed E-state index contributed by atoms with van der Waals surface area (Å²) in [6.45, 7) is 47.3. The first-order valence-electron chi connectivity index (χ1n) is 35.7. The zero-order valence-corrected chi connectivity index (χ0v) is 68.3. The van der Waals surface area contributed by atoms with Crippen LogP contribution in [0.1, 0.15) is 186 Å². The van der Waals surface area contributed by atoms with Crippen molar-refractivity contribution in [2.75, 3.05) is 0 Å². The second-order valence-electron chi connectivity index (χ2n) is 35.4. The van der Waals surface area contributed by atoms with E-state index >= 15 is 0 Å². The minimum absolute atomic E-state index is 0. The third-order valence-corrected chi connectivity index (χ3v) is 19.1. The van der Waals surface area contributed by atoms with Crippen LogP contribution >= 0.6 is 0 Å². The molecule has 0 aliphatic carbocycles. The van der Waals surface area contributed by atoms with Crippen LogP contribution in [0.5, 0.6) is 0 Å². The molecule has 0 aliphatic rings. The molecule has 0 saturated carbocycles. The molecule has 2 nitrogen and oxygen atoms in total.